The standard InChI is InChI=1S/C17H23N3O3S/c1-3-17-18-15-9-14(6-7-16(15)23-17)24(21,22)20-11-13-5-4-8-19(13)10-12(20)2/h6-7,9,12-13H,3-5,8,10-11H2,1-2H3/t12-,13+/m0/s1. The van der Waals surface area contributed by atoms with Gasteiger partial charge in [-0.1, -0.05) is 6.92 Å². The fourth-order valence-electron chi connectivity index (χ4n) is 3.90. The smallest absolute Gasteiger partial charge is 0.243 e. The average molecular weight is 349 g/mol. The molecule has 0 radical (unpaired) electrons. The van der Waals surface area contributed by atoms with Crippen molar-refractivity contribution in [2.45, 2.75) is 50.1 Å². The lowest BCUT2D eigenvalue weighted by molar-refractivity contribution is 0.117. The third-order valence-electron chi connectivity index (χ3n) is 5.19. The topological polar surface area (TPSA) is 66.7 Å². The number of hydrogen-bond donors (Lipinski definition) is 0. The highest BCUT2D eigenvalue weighted by Gasteiger charge is 2.40. The number of hydrogen-bond acceptors (Lipinski definition) is 5. The second kappa shape index (κ2) is 5.82. The van der Waals surface area contributed by atoms with Crippen molar-refractivity contribution in [3.8, 4) is 0 Å². The van der Waals surface area contributed by atoms with E-state index in [1.54, 1.807) is 22.5 Å². The molecule has 2 saturated heterocycles. The Hall–Kier alpha value is -1.44. The Morgan fingerprint density at radius 1 is 1.33 bits per heavy atom. The molecule has 1 aromatic carbocycles. The van der Waals surface area contributed by atoms with E-state index in [1.807, 2.05) is 13.8 Å². The summed E-state index contributed by atoms with van der Waals surface area (Å²) in [5.74, 6) is 0.632. The van der Waals surface area contributed by atoms with E-state index in [0.717, 1.165) is 25.9 Å². The predicted octanol–water partition coefficient (Wildman–Crippen LogP) is 2.25. The van der Waals surface area contributed by atoms with Gasteiger partial charge in [0.2, 0.25) is 10.0 Å². The summed E-state index contributed by atoms with van der Waals surface area (Å²) in [6.07, 6.45) is 2.94. The van der Waals surface area contributed by atoms with Crippen LogP contribution in [0.3, 0.4) is 0 Å². The van der Waals surface area contributed by atoms with Gasteiger partial charge in [0.05, 0.1) is 4.90 Å². The number of oxazole rings is 1. The van der Waals surface area contributed by atoms with Crippen LogP contribution in [0.2, 0.25) is 0 Å². The van der Waals surface area contributed by atoms with Gasteiger partial charge in [-0.05, 0) is 44.5 Å². The van der Waals surface area contributed by atoms with Crippen LogP contribution in [0.1, 0.15) is 32.6 Å². The maximum absolute atomic E-state index is 13.2. The largest absolute Gasteiger partial charge is 0.441 e. The van der Waals surface area contributed by atoms with E-state index in [-0.39, 0.29) is 6.04 Å². The molecular weight excluding hydrogens is 326 g/mol. The van der Waals surface area contributed by atoms with Crippen LogP contribution in [0, 0.1) is 0 Å². The number of aromatic nitrogens is 1. The molecule has 2 aliphatic heterocycles. The highest BCUT2D eigenvalue weighted by Crippen LogP contribution is 2.30. The first-order chi connectivity index (χ1) is 11.5. The lowest BCUT2D eigenvalue weighted by Crippen LogP contribution is -2.56. The van der Waals surface area contributed by atoms with Crippen molar-refractivity contribution >= 4 is 21.1 Å². The van der Waals surface area contributed by atoms with Crippen LogP contribution < -0.4 is 0 Å². The van der Waals surface area contributed by atoms with Crippen molar-refractivity contribution in [1.29, 1.82) is 0 Å². The lowest BCUT2D eigenvalue weighted by atomic mass is 10.1. The normalized spacial score (nSPS) is 26.1. The molecule has 3 heterocycles. The van der Waals surface area contributed by atoms with Crippen molar-refractivity contribution < 1.29 is 12.8 Å². The summed E-state index contributed by atoms with van der Waals surface area (Å²) in [6, 6.07) is 5.34. The highest BCUT2D eigenvalue weighted by molar-refractivity contribution is 7.89. The number of benzene rings is 1. The minimum absolute atomic E-state index is 0.0106. The van der Waals surface area contributed by atoms with Crippen LogP contribution >= 0.6 is 0 Å². The molecule has 24 heavy (non-hydrogen) atoms. The fourth-order valence-corrected chi connectivity index (χ4v) is 5.58. The minimum atomic E-state index is -3.51. The number of sulfonamides is 1. The highest BCUT2D eigenvalue weighted by atomic mass is 32.2. The van der Waals surface area contributed by atoms with Gasteiger partial charge in [0, 0.05) is 31.6 Å². The summed E-state index contributed by atoms with van der Waals surface area (Å²) in [5, 5.41) is 0. The van der Waals surface area contributed by atoms with E-state index >= 15 is 0 Å². The Bertz CT molecular complexity index is 861. The van der Waals surface area contributed by atoms with Crippen molar-refractivity contribution in [2.75, 3.05) is 19.6 Å². The van der Waals surface area contributed by atoms with E-state index in [9.17, 15) is 8.42 Å². The van der Waals surface area contributed by atoms with Gasteiger partial charge in [-0.3, -0.25) is 4.90 Å². The van der Waals surface area contributed by atoms with Crippen LogP contribution in [0.4, 0.5) is 0 Å². The Kier molecular flexibility index (Phi) is 3.89. The fraction of sp³-hybridized carbons (Fsp3) is 0.588. The predicted molar refractivity (Wildman–Crippen MR) is 91.3 cm³/mol. The Morgan fingerprint density at radius 3 is 2.96 bits per heavy atom. The zero-order chi connectivity index (χ0) is 16.9. The second-order valence-corrected chi connectivity index (χ2v) is 8.70. The molecule has 2 atom stereocenters. The first kappa shape index (κ1) is 16.1. The van der Waals surface area contributed by atoms with E-state index in [4.69, 9.17) is 4.42 Å². The number of fused-ring (bicyclic) bond motifs is 2. The van der Waals surface area contributed by atoms with E-state index in [2.05, 4.69) is 9.88 Å². The number of nitrogens with zero attached hydrogens (tertiary/aromatic N) is 3. The van der Waals surface area contributed by atoms with Crippen molar-refractivity contribution in [3.05, 3.63) is 24.1 Å². The van der Waals surface area contributed by atoms with Gasteiger partial charge in [-0.25, -0.2) is 13.4 Å². The molecule has 0 saturated carbocycles. The van der Waals surface area contributed by atoms with E-state index < -0.39 is 10.0 Å². The van der Waals surface area contributed by atoms with Gasteiger partial charge in [0.15, 0.2) is 11.5 Å². The summed E-state index contributed by atoms with van der Waals surface area (Å²) < 4.78 is 33.6. The zero-order valence-electron chi connectivity index (χ0n) is 14.1. The van der Waals surface area contributed by atoms with Gasteiger partial charge < -0.3 is 4.42 Å². The molecule has 2 fully saturated rings. The molecule has 0 amide bonds. The summed E-state index contributed by atoms with van der Waals surface area (Å²) in [5.41, 5.74) is 1.25. The molecule has 0 unspecified atom stereocenters. The minimum Gasteiger partial charge on any atom is -0.441 e. The Morgan fingerprint density at radius 2 is 2.17 bits per heavy atom. The van der Waals surface area contributed by atoms with Crippen LogP contribution in [-0.2, 0) is 16.4 Å². The maximum atomic E-state index is 13.2. The molecule has 130 valence electrons. The number of piperazine rings is 1. The average Bonchev–Trinajstić information content (AvgIpc) is 3.18. The quantitative estimate of drug-likeness (QED) is 0.850. The molecule has 2 aliphatic rings. The molecule has 2 aromatic rings. The summed E-state index contributed by atoms with van der Waals surface area (Å²) in [6.45, 7) is 6.45. The van der Waals surface area contributed by atoms with Crippen LogP contribution in [0.5, 0.6) is 0 Å². The first-order valence-corrected chi connectivity index (χ1v) is 10.1. The number of aryl methyl sites for hydroxylation is 1. The van der Waals surface area contributed by atoms with Crippen LogP contribution in [0.25, 0.3) is 11.1 Å². The molecule has 4 rings (SSSR count). The van der Waals surface area contributed by atoms with Crippen LogP contribution in [0.15, 0.2) is 27.5 Å². The molecule has 7 heteroatoms. The van der Waals surface area contributed by atoms with Crippen LogP contribution in [-0.4, -0.2) is 54.3 Å². The monoisotopic (exact) mass is 349 g/mol. The molecule has 1 aromatic heterocycles. The maximum Gasteiger partial charge on any atom is 0.243 e. The molecule has 0 spiro atoms. The van der Waals surface area contributed by atoms with E-state index in [1.165, 1.54) is 0 Å². The zero-order valence-corrected chi connectivity index (χ0v) is 14.9. The SMILES string of the molecule is CCc1nc2cc(S(=O)(=O)N3C[C@H]4CCCN4C[C@@H]3C)ccc2o1. The summed E-state index contributed by atoms with van der Waals surface area (Å²) in [4.78, 5) is 7.10. The van der Waals surface area contributed by atoms with Gasteiger partial charge in [-0.2, -0.15) is 4.31 Å². The summed E-state index contributed by atoms with van der Waals surface area (Å²) >= 11 is 0. The third kappa shape index (κ3) is 2.55. The molecule has 0 aliphatic carbocycles. The summed E-state index contributed by atoms with van der Waals surface area (Å²) in [7, 11) is -3.51. The Labute approximate surface area is 142 Å². The molecule has 0 N–H and O–H groups in total. The molecule has 6 nitrogen and oxygen atoms in total. The second-order valence-electron chi connectivity index (χ2n) is 6.81. The number of rotatable bonds is 3. The lowest BCUT2D eigenvalue weighted by Gasteiger charge is -2.41. The van der Waals surface area contributed by atoms with Gasteiger partial charge >= 0.3 is 0 Å². The van der Waals surface area contributed by atoms with Gasteiger partial charge in [0.1, 0.15) is 5.52 Å². The van der Waals surface area contributed by atoms with E-state index in [0.29, 0.717) is 40.9 Å². The molecule has 0 bridgehead atoms. The van der Waals surface area contributed by atoms with Gasteiger partial charge in [-0.15, -0.1) is 0 Å². The third-order valence-corrected chi connectivity index (χ3v) is 7.17. The van der Waals surface area contributed by atoms with Crippen molar-refractivity contribution in [1.82, 2.24) is 14.2 Å². The van der Waals surface area contributed by atoms with Crippen molar-refractivity contribution in [3.63, 3.8) is 0 Å². The first-order valence-electron chi connectivity index (χ1n) is 8.64. The molecular formula is C17H23N3O3S. The van der Waals surface area contributed by atoms with Crippen molar-refractivity contribution in [2.24, 2.45) is 0 Å². The Balaban J connectivity index is 1.68. The van der Waals surface area contributed by atoms with Gasteiger partial charge in [0.25, 0.3) is 0 Å².